The van der Waals surface area contributed by atoms with Crippen LogP contribution in [0.5, 0.6) is 0 Å². The third-order valence-electron chi connectivity index (χ3n) is 3.72. The topological polar surface area (TPSA) is 86.8 Å². The fraction of sp³-hybridized carbons (Fsp3) is 0.833. The largest absolute Gasteiger partial charge is 0.353 e. The molecule has 1 heterocycles. The summed E-state index contributed by atoms with van der Waals surface area (Å²) in [5, 5.41) is 14.1. The van der Waals surface area contributed by atoms with E-state index in [1.807, 2.05) is 0 Å². The maximum atomic E-state index is 4.56. The van der Waals surface area contributed by atoms with Crippen molar-refractivity contribution in [1.29, 1.82) is 0 Å². The summed E-state index contributed by atoms with van der Waals surface area (Å²) in [6.45, 7) is 12.0. The van der Waals surface area contributed by atoms with Crippen molar-refractivity contribution in [3.8, 4) is 0 Å². The highest BCUT2D eigenvalue weighted by molar-refractivity contribution is 7.99. The molecule has 7 nitrogen and oxygen atoms in total. The van der Waals surface area contributed by atoms with Gasteiger partial charge in [-0.25, -0.2) is 0 Å². The molecule has 0 aliphatic carbocycles. The molecule has 1 rings (SSSR count). The lowest BCUT2D eigenvalue weighted by molar-refractivity contribution is 0.651. The highest BCUT2D eigenvalue weighted by atomic mass is 32.2. The van der Waals surface area contributed by atoms with Gasteiger partial charge in [0.05, 0.1) is 0 Å². The van der Waals surface area contributed by atoms with Gasteiger partial charge in [-0.05, 0) is 25.9 Å². The van der Waals surface area contributed by atoms with Crippen LogP contribution in [0, 0.1) is 0 Å². The Morgan fingerprint density at radius 1 is 0.692 bits per heavy atom. The molecule has 0 spiro atoms. The Morgan fingerprint density at radius 3 is 1.96 bits per heavy atom. The summed E-state index contributed by atoms with van der Waals surface area (Å²) in [6.07, 6.45) is 6.10. The van der Waals surface area contributed by atoms with Crippen molar-refractivity contribution in [3.63, 3.8) is 0 Å². The van der Waals surface area contributed by atoms with Gasteiger partial charge >= 0.3 is 0 Å². The van der Waals surface area contributed by atoms with Crippen molar-refractivity contribution < 1.29 is 0 Å². The average molecular weight is 384 g/mol. The van der Waals surface area contributed by atoms with E-state index in [9.17, 15) is 0 Å². The smallest absolute Gasteiger partial charge is 0.228 e. The van der Waals surface area contributed by atoms with Crippen LogP contribution in [-0.2, 0) is 0 Å². The van der Waals surface area contributed by atoms with Crippen LogP contribution < -0.4 is 21.3 Å². The number of nitrogens with zero attached hydrogens (tertiary/aromatic N) is 3. The van der Waals surface area contributed by atoms with Crippen LogP contribution in [0.25, 0.3) is 0 Å². The lowest BCUT2D eigenvalue weighted by Gasteiger charge is -2.10. The molecule has 8 heteroatoms. The van der Waals surface area contributed by atoms with Crippen molar-refractivity contribution in [2.75, 3.05) is 55.7 Å². The molecule has 26 heavy (non-hydrogen) atoms. The minimum atomic E-state index is 0.650. The van der Waals surface area contributed by atoms with Gasteiger partial charge in [-0.1, -0.05) is 51.8 Å². The Labute approximate surface area is 163 Å². The fourth-order valence-corrected chi connectivity index (χ4v) is 3.06. The summed E-state index contributed by atoms with van der Waals surface area (Å²) in [4.78, 5) is 13.6. The van der Waals surface area contributed by atoms with Gasteiger partial charge < -0.3 is 21.3 Å². The first-order valence-corrected chi connectivity index (χ1v) is 11.1. The van der Waals surface area contributed by atoms with E-state index in [-0.39, 0.29) is 0 Å². The minimum absolute atomic E-state index is 0.650. The van der Waals surface area contributed by atoms with Crippen LogP contribution >= 0.6 is 11.8 Å². The van der Waals surface area contributed by atoms with Crippen molar-refractivity contribution in [2.45, 2.75) is 58.0 Å². The molecule has 150 valence electrons. The molecule has 0 saturated carbocycles. The molecule has 1 aromatic rings. The van der Waals surface area contributed by atoms with Crippen LogP contribution in [0.3, 0.4) is 0 Å². The molecule has 0 aliphatic heterocycles. The number of aromatic nitrogens is 3. The number of rotatable bonds is 17. The second-order valence-corrected chi connectivity index (χ2v) is 7.19. The van der Waals surface area contributed by atoms with Crippen molar-refractivity contribution in [1.82, 2.24) is 25.6 Å². The number of likely N-dealkylation sites (N-methyl/N-ethyl adjacent to an activating group) is 1. The second-order valence-electron chi connectivity index (χ2n) is 6.13. The van der Waals surface area contributed by atoms with E-state index < -0.39 is 0 Å². The van der Waals surface area contributed by atoms with E-state index >= 15 is 0 Å². The number of hydrogen-bond acceptors (Lipinski definition) is 8. The van der Waals surface area contributed by atoms with E-state index in [4.69, 9.17) is 0 Å². The first-order chi connectivity index (χ1) is 12.8. The standard InChI is InChI=1S/C18H37N7S/c1-4-7-9-15-26-18-24-16(21-13-11-19-6-3)23-17(25-18)22-14-12-20-10-8-5-2/h19-20H,4-15H2,1-3H3,(H2,21,22,23,24,25). The third kappa shape index (κ3) is 11.5. The first kappa shape index (κ1) is 22.9. The van der Waals surface area contributed by atoms with E-state index in [2.05, 4.69) is 57.0 Å². The Kier molecular flexibility index (Phi) is 14.2. The average Bonchev–Trinajstić information content (AvgIpc) is 2.65. The molecule has 0 fully saturated rings. The van der Waals surface area contributed by atoms with Crippen LogP contribution in [0.4, 0.5) is 11.9 Å². The maximum Gasteiger partial charge on any atom is 0.228 e. The maximum absolute atomic E-state index is 4.56. The molecule has 4 N–H and O–H groups in total. The number of anilines is 2. The van der Waals surface area contributed by atoms with Crippen molar-refractivity contribution >= 4 is 23.7 Å². The van der Waals surface area contributed by atoms with Crippen molar-refractivity contribution in [2.24, 2.45) is 0 Å². The molecular weight excluding hydrogens is 346 g/mol. The van der Waals surface area contributed by atoms with Gasteiger partial charge in [-0.15, -0.1) is 0 Å². The first-order valence-electron chi connectivity index (χ1n) is 10.1. The van der Waals surface area contributed by atoms with E-state index in [0.29, 0.717) is 11.9 Å². The zero-order valence-corrected chi connectivity index (χ0v) is 17.6. The molecule has 0 atom stereocenters. The Morgan fingerprint density at radius 2 is 1.35 bits per heavy atom. The number of thioether (sulfide) groups is 1. The summed E-state index contributed by atoms with van der Waals surface area (Å²) in [6, 6.07) is 0. The molecule has 0 radical (unpaired) electrons. The summed E-state index contributed by atoms with van der Waals surface area (Å²) in [5.74, 6) is 2.35. The summed E-state index contributed by atoms with van der Waals surface area (Å²) in [7, 11) is 0. The third-order valence-corrected chi connectivity index (χ3v) is 4.65. The fourth-order valence-electron chi connectivity index (χ4n) is 2.22. The molecule has 0 unspecified atom stereocenters. The minimum Gasteiger partial charge on any atom is -0.353 e. The zero-order valence-electron chi connectivity index (χ0n) is 16.7. The highest BCUT2D eigenvalue weighted by Crippen LogP contribution is 2.18. The monoisotopic (exact) mass is 383 g/mol. The summed E-state index contributed by atoms with van der Waals surface area (Å²) < 4.78 is 0. The number of hydrogen-bond donors (Lipinski definition) is 4. The second kappa shape index (κ2) is 16.1. The normalized spacial score (nSPS) is 10.9. The predicted octanol–water partition coefficient (Wildman–Crippen LogP) is 2.98. The number of nitrogens with one attached hydrogen (secondary N) is 4. The molecular formula is C18H37N7S. The van der Waals surface area contributed by atoms with E-state index in [0.717, 1.165) is 50.2 Å². The zero-order chi connectivity index (χ0) is 18.9. The van der Waals surface area contributed by atoms with Gasteiger partial charge in [0.25, 0.3) is 0 Å². The Bertz CT molecular complexity index is 429. The van der Waals surface area contributed by atoms with E-state index in [1.165, 1.54) is 32.1 Å². The van der Waals surface area contributed by atoms with Crippen LogP contribution in [-0.4, -0.2) is 60.0 Å². The van der Waals surface area contributed by atoms with Gasteiger partial charge in [0, 0.05) is 31.9 Å². The number of unbranched alkanes of at least 4 members (excludes halogenated alkanes) is 3. The molecule has 0 saturated heterocycles. The SMILES string of the molecule is CCCCCSc1nc(NCCNCC)nc(NCCNCCCC)n1. The lowest BCUT2D eigenvalue weighted by Crippen LogP contribution is -2.24. The molecule has 0 bridgehead atoms. The molecule has 0 aliphatic rings. The Hall–Kier alpha value is -1.12. The van der Waals surface area contributed by atoms with Gasteiger partial charge in [0.1, 0.15) is 0 Å². The summed E-state index contributed by atoms with van der Waals surface area (Å²) in [5.41, 5.74) is 0. The van der Waals surface area contributed by atoms with Gasteiger partial charge in [0.15, 0.2) is 5.16 Å². The lowest BCUT2D eigenvalue weighted by atomic mass is 10.3. The van der Waals surface area contributed by atoms with Crippen LogP contribution in [0.1, 0.15) is 52.9 Å². The highest BCUT2D eigenvalue weighted by Gasteiger charge is 2.07. The van der Waals surface area contributed by atoms with Gasteiger partial charge in [-0.2, -0.15) is 15.0 Å². The van der Waals surface area contributed by atoms with Crippen LogP contribution in [0.2, 0.25) is 0 Å². The van der Waals surface area contributed by atoms with Gasteiger partial charge in [-0.3, -0.25) is 0 Å². The predicted molar refractivity (Wildman–Crippen MR) is 113 cm³/mol. The van der Waals surface area contributed by atoms with Crippen LogP contribution in [0.15, 0.2) is 5.16 Å². The summed E-state index contributed by atoms with van der Waals surface area (Å²) >= 11 is 1.71. The van der Waals surface area contributed by atoms with E-state index in [1.54, 1.807) is 11.8 Å². The Balaban J connectivity index is 2.52. The van der Waals surface area contributed by atoms with Crippen molar-refractivity contribution in [3.05, 3.63) is 0 Å². The molecule has 1 aromatic heterocycles. The van der Waals surface area contributed by atoms with Gasteiger partial charge in [0.2, 0.25) is 11.9 Å². The molecule has 0 amide bonds. The quantitative estimate of drug-likeness (QED) is 0.241. The molecule has 0 aromatic carbocycles.